The molecular weight excluding hydrogens is 376 g/mol. The van der Waals surface area contributed by atoms with E-state index in [0.717, 1.165) is 48.8 Å². The average molecular weight is 397 g/mol. The lowest BCUT2D eigenvalue weighted by Crippen LogP contribution is -2.11. The maximum atomic E-state index is 4.79. The van der Waals surface area contributed by atoms with Crippen molar-refractivity contribution in [2.75, 3.05) is 6.54 Å². The number of aryl methyl sites for hydroxylation is 1. The topological polar surface area (TPSA) is 78.4 Å². The second-order valence-electron chi connectivity index (χ2n) is 6.66. The Bertz CT molecular complexity index is 1030. The molecule has 0 radical (unpaired) electrons. The summed E-state index contributed by atoms with van der Waals surface area (Å²) in [4.78, 5) is 8.58. The number of benzene rings is 1. The number of fused-ring (bicyclic) bond motifs is 1. The number of rotatable bonds is 4. The van der Waals surface area contributed by atoms with Gasteiger partial charge in [0.1, 0.15) is 18.3 Å². The molecule has 0 atom stereocenters. The fourth-order valence-corrected chi connectivity index (χ4v) is 3.48. The molecule has 0 saturated heterocycles. The van der Waals surface area contributed by atoms with E-state index in [2.05, 4.69) is 60.0 Å². The van der Waals surface area contributed by atoms with E-state index in [0.29, 0.717) is 6.54 Å². The van der Waals surface area contributed by atoms with Crippen LogP contribution < -0.4 is 5.32 Å². The zero-order chi connectivity index (χ0) is 18.1. The van der Waals surface area contributed by atoms with Gasteiger partial charge in [-0.3, -0.25) is 9.25 Å². The average Bonchev–Trinajstić information content (AvgIpc) is 3.41. The highest BCUT2D eigenvalue weighted by atomic mass is 35.5. The molecule has 0 amide bonds. The van der Waals surface area contributed by atoms with Gasteiger partial charge in [-0.2, -0.15) is 10.2 Å². The number of imidazole rings is 1. The molecular formula is C19H21ClN8. The Hall–Kier alpha value is -2.97. The summed E-state index contributed by atoms with van der Waals surface area (Å²) < 4.78 is 5.99. The van der Waals surface area contributed by atoms with E-state index in [-0.39, 0.29) is 12.4 Å². The van der Waals surface area contributed by atoms with Crippen molar-refractivity contribution in [1.82, 2.24) is 39.4 Å². The third-order valence-electron chi connectivity index (χ3n) is 4.76. The fourth-order valence-electron chi connectivity index (χ4n) is 3.48. The summed E-state index contributed by atoms with van der Waals surface area (Å²) in [5, 5.41) is 12.4. The Morgan fingerprint density at radius 1 is 1.18 bits per heavy atom. The molecule has 0 bridgehead atoms. The van der Waals surface area contributed by atoms with Gasteiger partial charge in [-0.25, -0.2) is 14.6 Å². The second kappa shape index (κ2) is 7.95. The number of hydrogen-bond donors (Lipinski definition) is 1. The molecule has 1 aliphatic heterocycles. The number of hydrogen-bond acceptors (Lipinski definition) is 5. The van der Waals surface area contributed by atoms with E-state index in [1.54, 1.807) is 12.7 Å². The molecule has 9 heteroatoms. The molecule has 0 spiro atoms. The van der Waals surface area contributed by atoms with Crippen LogP contribution in [0.2, 0.25) is 0 Å². The standard InChI is InChI=1S/C19H20N8.ClH/c1-3-15(12-25-14-21-13-23-25)9-16(4-1)26-8-6-22-19(26)18-10-17-11-20-5-2-7-27(17)24-18;/h1,3-4,6,8-10,13-14,20H,2,5,7,11-12H2;1H. The van der Waals surface area contributed by atoms with Crippen molar-refractivity contribution in [1.29, 1.82) is 0 Å². The van der Waals surface area contributed by atoms with Gasteiger partial charge >= 0.3 is 0 Å². The van der Waals surface area contributed by atoms with E-state index in [1.807, 2.05) is 17.1 Å². The summed E-state index contributed by atoms with van der Waals surface area (Å²) in [5.41, 5.74) is 4.32. The smallest absolute Gasteiger partial charge is 0.165 e. The molecule has 1 aromatic carbocycles. The van der Waals surface area contributed by atoms with Gasteiger partial charge in [0.2, 0.25) is 0 Å². The van der Waals surface area contributed by atoms with E-state index < -0.39 is 0 Å². The third kappa shape index (κ3) is 3.56. The van der Waals surface area contributed by atoms with Crippen LogP contribution in [0.5, 0.6) is 0 Å². The molecule has 28 heavy (non-hydrogen) atoms. The van der Waals surface area contributed by atoms with Crippen LogP contribution in [0.4, 0.5) is 0 Å². The van der Waals surface area contributed by atoms with E-state index in [1.165, 1.54) is 5.69 Å². The largest absolute Gasteiger partial charge is 0.311 e. The predicted molar refractivity (Wildman–Crippen MR) is 107 cm³/mol. The van der Waals surface area contributed by atoms with Gasteiger partial charge in [0, 0.05) is 31.2 Å². The van der Waals surface area contributed by atoms with Crippen molar-refractivity contribution >= 4 is 12.4 Å². The molecule has 1 N–H and O–H groups in total. The molecule has 5 rings (SSSR count). The van der Waals surface area contributed by atoms with Crippen molar-refractivity contribution in [2.45, 2.75) is 26.1 Å². The second-order valence-corrected chi connectivity index (χ2v) is 6.66. The molecule has 4 heterocycles. The number of nitrogens with zero attached hydrogens (tertiary/aromatic N) is 7. The Morgan fingerprint density at radius 3 is 3.04 bits per heavy atom. The van der Waals surface area contributed by atoms with Gasteiger partial charge in [0.05, 0.1) is 12.2 Å². The van der Waals surface area contributed by atoms with Gasteiger partial charge in [0.15, 0.2) is 5.82 Å². The molecule has 8 nitrogen and oxygen atoms in total. The Balaban J connectivity index is 0.00000192. The molecule has 3 aromatic heterocycles. The number of aromatic nitrogens is 7. The van der Waals surface area contributed by atoms with Crippen molar-refractivity contribution in [3.8, 4) is 17.2 Å². The first kappa shape index (κ1) is 18.4. The molecule has 4 aromatic rings. The maximum absolute atomic E-state index is 4.79. The SMILES string of the molecule is Cl.c1cc(Cn2cncn2)cc(-n2ccnc2-c2cc3n(n2)CCCNC3)c1. The van der Waals surface area contributed by atoms with Crippen molar-refractivity contribution < 1.29 is 0 Å². The minimum Gasteiger partial charge on any atom is -0.311 e. The summed E-state index contributed by atoms with van der Waals surface area (Å²) in [7, 11) is 0. The summed E-state index contributed by atoms with van der Waals surface area (Å²) in [5.74, 6) is 0.855. The van der Waals surface area contributed by atoms with Crippen molar-refractivity contribution in [3.63, 3.8) is 0 Å². The van der Waals surface area contributed by atoms with Gasteiger partial charge in [0.25, 0.3) is 0 Å². The molecule has 0 aliphatic carbocycles. The van der Waals surface area contributed by atoms with Crippen molar-refractivity contribution in [2.24, 2.45) is 0 Å². The highest BCUT2D eigenvalue weighted by Crippen LogP contribution is 2.23. The van der Waals surface area contributed by atoms with Crippen molar-refractivity contribution in [3.05, 3.63) is 66.6 Å². The molecule has 0 unspecified atom stereocenters. The maximum Gasteiger partial charge on any atom is 0.165 e. The lowest BCUT2D eigenvalue weighted by atomic mass is 10.2. The normalized spacial score (nSPS) is 13.6. The summed E-state index contributed by atoms with van der Waals surface area (Å²) in [6.45, 7) is 3.51. The first-order chi connectivity index (χ1) is 13.4. The van der Waals surface area contributed by atoms with Gasteiger partial charge in [-0.15, -0.1) is 12.4 Å². The predicted octanol–water partition coefficient (Wildman–Crippen LogP) is 2.29. The third-order valence-corrected chi connectivity index (χ3v) is 4.76. The first-order valence-corrected chi connectivity index (χ1v) is 9.10. The molecule has 0 fully saturated rings. The number of nitrogens with one attached hydrogen (secondary N) is 1. The van der Waals surface area contributed by atoms with E-state index >= 15 is 0 Å². The van der Waals surface area contributed by atoms with Crippen LogP contribution in [-0.2, 0) is 19.6 Å². The van der Waals surface area contributed by atoms with Gasteiger partial charge in [-0.05, 0) is 36.7 Å². The highest BCUT2D eigenvalue weighted by molar-refractivity contribution is 5.85. The van der Waals surface area contributed by atoms with E-state index in [9.17, 15) is 0 Å². The highest BCUT2D eigenvalue weighted by Gasteiger charge is 2.16. The van der Waals surface area contributed by atoms with Gasteiger partial charge < -0.3 is 5.32 Å². The minimum absolute atomic E-state index is 0. The van der Waals surface area contributed by atoms with Crippen LogP contribution in [0.25, 0.3) is 17.2 Å². The summed E-state index contributed by atoms with van der Waals surface area (Å²) in [6, 6.07) is 10.5. The number of halogens is 1. The minimum atomic E-state index is 0. The van der Waals surface area contributed by atoms with Crippen LogP contribution in [0.15, 0.2) is 55.4 Å². The lowest BCUT2D eigenvalue weighted by Gasteiger charge is -2.09. The van der Waals surface area contributed by atoms with Gasteiger partial charge in [-0.1, -0.05) is 12.1 Å². The Labute approximate surface area is 168 Å². The first-order valence-electron chi connectivity index (χ1n) is 9.10. The zero-order valence-electron chi connectivity index (χ0n) is 15.3. The van der Waals surface area contributed by atoms with Crippen LogP contribution in [0.1, 0.15) is 17.7 Å². The summed E-state index contributed by atoms with van der Waals surface area (Å²) in [6.07, 6.45) is 8.17. The summed E-state index contributed by atoms with van der Waals surface area (Å²) >= 11 is 0. The van der Waals surface area contributed by atoms with Crippen LogP contribution in [0, 0.1) is 0 Å². The van der Waals surface area contributed by atoms with Crippen LogP contribution in [-0.4, -0.2) is 40.6 Å². The van der Waals surface area contributed by atoms with E-state index in [4.69, 9.17) is 5.10 Å². The van der Waals surface area contributed by atoms with Crippen LogP contribution in [0.3, 0.4) is 0 Å². The van der Waals surface area contributed by atoms with Crippen LogP contribution >= 0.6 is 12.4 Å². The Kier molecular flexibility index (Phi) is 5.23. The molecule has 144 valence electrons. The molecule has 1 aliphatic rings. The lowest BCUT2D eigenvalue weighted by molar-refractivity contribution is 0.588. The Morgan fingerprint density at radius 2 is 2.14 bits per heavy atom. The monoisotopic (exact) mass is 396 g/mol. The molecule has 0 saturated carbocycles. The zero-order valence-corrected chi connectivity index (χ0v) is 16.1. The fraction of sp³-hybridized carbons (Fsp3) is 0.263. The quantitative estimate of drug-likeness (QED) is 0.572.